The highest BCUT2D eigenvalue weighted by Gasteiger charge is 2.27. The molecule has 1 N–H and O–H groups in total. The normalized spacial score (nSPS) is 13.9. The van der Waals surface area contributed by atoms with Crippen molar-refractivity contribution in [1.29, 1.82) is 0 Å². The average molecular weight is 244 g/mol. The van der Waals surface area contributed by atoms with Crippen LogP contribution in [0.1, 0.15) is 15.9 Å². The van der Waals surface area contributed by atoms with Crippen LogP contribution >= 0.6 is 0 Å². The van der Waals surface area contributed by atoms with Gasteiger partial charge in [-0.1, -0.05) is 0 Å². The summed E-state index contributed by atoms with van der Waals surface area (Å²) in [5, 5.41) is -1.34. The van der Waals surface area contributed by atoms with Crippen molar-refractivity contribution in [2.45, 2.75) is 6.92 Å². The van der Waals surface area contributed by atoms with Gasteiger partial charge in [0.2, 0.25) is 6.79 Å². The second kappa shape index (κ2) is 3.46. The third kappa shape index (κ3) is 1.63. The molecule has 0 atom stereocenters. The Morgan fingerprint density at radius 2 is 2.06 bits per heavy atom. The first kappa shape index (κ1) is 10.9. The number of hydrogen-bond donors (Lipinski definition) is 1. The molecule has 1 aliphatic heterocycles. The monoisotopic (exact) mass is 244 g/mol. The molecule has 0 saturated heterocycles. The van der Waals surface area contributed by atoms with E-state index in [4.69, 9.17) is 14.0 Å². The van der Waals surface area contributed by atoms with E-state index in [0.717, 1.165) is 0 Å². The van der Waals surface area contributed by atoms with Crippen LogP contribution in [0.15, 0.2) is 12.1 Å². The highest BCUT2D eigenvalue weighted by Crippen LogP contribution is 2.37. The topological polar surface area (TPSA) is 89.9 Å². The van der Waals surface area contributed by atoms with Crippen molar-refractivity contribution in [2.75, 3.05) is 6.79 Å². The summed E-state index contributed by atoms with van der Waals surface area (Å²) in [5.74, 6) is 0.777. The molecule has 0 aromatic heterocycles. The predicted molar refractivity (Wildman–Crippen MR) is 53.2 cm³/mol. The number of benzene rings is 1. The first-order valence-electron chi connectivity index (χ1n) is 4.32. The van der Waals surface area contributed by atoms with Gasteiger partial charge in [-0.2, -0.15) is 8.42 Å². The van der Waals surface area contributed by atoms with Crippen molar-refractivity contribution in [3.8, 4) is 11.5 Å². The average Bonchev–Trinajstić information content (AvgIpc) is 2.64. The fourth-order valence-corrected chi connectivity index (χ4v) is 1.97. The Hall–Kier alpha value is -1.60. The fraction of sp³-hybridized carbons (Fsp3) is 0.222. The van der Waals surface area contributed by atoms with E-state index in [2.05, 4.69) is 0 Å². The summed E-state index contributed by atoms with van der Waals surface area (Å²) < 4.78 is 40.2. The first-order chi connectivity index (χ1) is 7.41. The molecular weight excluding hydrogens is 236 g/mol. The van der Waals surface area contributed by atoms with Crippen LogP contribution in [0.5, 0.6) is 11.5 Å². The summed E-state index contributed by atoms with van der Waals surface area (Å²) in [5.41, 5.74) is 0.212. The van der Waals surface area contributed by atoms with Crippen LogP contribution in [0.2, 0.25) is 0 Å². The first-order valence-corrected chi connectivity index (χ1v) is 5.76. The van der Waals surface area contributed by atoms with Crippen molar-refractivity contribution in [3.63, 3.8) is 0 Å². The van der Waals surface area contributed by atoms with Gasteiger partial charge in [0.25, 0.3) is 0 Å². The molecular formula is C9H8O6S. The quantitative estimate of drug-likeness (QED) is 0.733. The Balaban J connectivity index is 2.57. The van der Waals surface area contributed by atoms with Gasteiger partial charge in [0.1, 0.15) is 0 Å². The standard InChI is InChI=1S/C9H8O6S/c1-5-6(9(10)16(11,12)13)2-3-7-8(5)15-4-14-7/h2-3H,4H2,1H3,(H,11,12,13). The molecule has 1 heterocycles. The minimum Gasteiger partial charge on any atom is -0.454 e. The molecule has 0 saturated carbocycles. The maximum absolute atomic E-state index is 11.4. The van der Waals surface area contributed by atoms with E-state index >= 15 is 0 Å². The summed E-state index contributed by atoms with van der Waals surface area (Å²) in [4.78, 5) is 11.4. The molecule has 86 valence electrons. The Bertz CT molecular complexity index is 560. The van der Waals surface area contributed by atoms with Gasteiger partial charge in [0.05, 0.1) is 0 Å². The molecule has 0 amide bonds. The molecule has 16 heavy (non-hydrogen) atoms. The van der Waals surface area contributed by atoms with E-state index in [0.29, 0.717) is 17.1 Å². The highest BCUT2D eigenvalue weighted by molar-refractivity contribution is 8.01. The van der Waals surface area contributed by atoms with Crippen molar-refractivity contribution in [1.82, 2.24) is 0 Å². The lowest BCUT2D eigenvalue weighted by Crippen LogP contribution is -2.14. The Labute approximate surface area is 91.5 Å². The van der Waals surface area contributed by atoms with E-state index in [-0.39, 0.29) is 12.4 Å². The molecule has 0 fully saturated rings. The molecule has 2 rings (SSSR count). The molecule has 1 aromatic rings. The van der Waals surface area contributed by atoms with Crippen LogP contribution in [-0.2, 0) is 10.1 Å². The van der Waals surface area contributed by atoms with Gasteiger partial charge in [-0.05, 0) is 19.1 Å². The lowest BCUT2D eigenvalue weighted by molar-refractivity contribution is 0.106. The lowest BCUT2D eigenvalue weighted by atomic mass is 10.1. The minimum absolute atomic E-state index is 0.0275. The zero-order valence-electron chi connectivity index (χ0n) is 8.26. The molecule has 0 bridgehead atoms. The summed E-state index contributed by atoms with van der Waals surface area (Å²) in [6, 6.07) is 2.70. The number of ether oxygens (including phenoxy) is 2. The van der Waals surface area contributed by atoms with Gasteiger partial charge in [0.15, 0.2) is 11.5 Å². The van der Waals surface area contributed by atoms with Crippen LogP contribution in [-0.4, -0.2) is 24.9 Å². The van der Waals surface area contributed by atoms with Crippen molar-refractivity contribution < 1.29 is 27.2 Å². The van der Waals surface area contributed by atoms with Crippen LogP contribution in [0.4, 0.5) is 0 Å². The Kier molecular flexibility index (Phi) is 2.36. The van der Waals surface area contributed by atoms with Gasteiger partial charge in [-0.15, -0.1) is 0 Å². The van der Waals surface area contributed by atoms with Gasteiger partial charge in [-0.25, -0.2) is 0 Å². The molecule has 1 aromatic carbocycles. The van der Waals surface area contributed by atoms with Crippen molar-refractivity contribution >= 4 is 15.2 Å². The molecule has 0 spiro atoms. The third-order valence-electron chi connectivity index (χ3n) is 2.24. The second-order valence-electron chi connectivity index (χ2n) is 3.23. The summed E-state index contributed by atoms with van der Waals surface area (Å²) in [6.07, 6.45) is 0. The van der Waals surface area contributed by atoms with Crippen LogP contribution in [0.25, 0.3) is 0 Å². The molecule has 1 aliphatic rings. The van der Waals surface area contributed by atoms with Gasteiger partial charge in [-0.3, -0.25) is 9.35 Å². The van der Waals surface area contributed by atoms with E-state index < -0.39 is 15.2 Å². The Morgan fingerprint density at radius 3 is 2.69 bits per heavy atom. The second-order valence-corrected chi connectivity index (χ2v) is 4.56. The third-order valence-corrected chi connectivity index (χ3v) is 2.93. The molecule has 0 unspecified atom stereocenters. The number of hydrogen-bond acceptors (Lipinski definition) is 5. The number of fused-ring (bicyclic) bond motifs is 1. The molecule has 0 aliphatic carbocycles. The van der Waals surface area contributed by atoms with E-state index in [1.165, 1.54) is 19.1 Å². The minimum atomic E-state index is -4.73. The molecule has 0 radical (unpaired) electrons. The largest absolute Gasteiger partial charge is 0.454 e. The van der Waals surface area contributed by atoms with Gasteiger partial charge >= 0.3 is 15.2 Å². The molecule has 7 heteroatoms. The fourth-order valence-electron chi connectivity index (χ4n) is 1.47. The van der Waals surface area contributed by atoms with E-state index in [1.54, 1.807) is 0 Å². The predicted octanol–water partition coefficient (Wildman–Crippen LogP) is 0.752. The van der Waals surface area contributed by atoms with Crippen molar-refractivity contribution in [3.05, 3.63) is 23.3 Å². The van der Waals surface area contributed by atoms with Gasteiger partial charge in [0, 0.05) is 11.1 Å². The maximum atomic E-state index is 11.4. The molecule has 6 nitrogen and oxygen atoms in total. The SMILES string of the molecule is Cc1c(C(=O)S(=O)(=O)O)ccc2c1OCO2. The summed E-state index contributed by atoms with van der Waals surface area (Å²) in [6.45, 7) is 1.55. The van der Waals surface area contributed by atoms with E-state index in [1.807, 2.05) is 0 Å². The Morgan fingerprint density at radius 1 is 1.38 bits per heavy atom. The number of rotatable bonds is 1. The summed E-state index contributed by atoms with van der Waals surface area (Å²) in [7, 11) is -4.73. The maximum Gasteiger partial charge on any atom is 0.333 e. The number of carbonyl (C=O) groups is 1. The summed E-state index contributed by atoms with van der Waals surface area (Å²) >= 11 is 0. The van der Waals surface area contributed by atoms with Crippen LogP contribution < -0.4 is 9.47 Å². The smallest absolute Gasteiger partial charge is 0.333 e. The van der Waals surface area contributed by atoms with E-state index in [9.17, 15) is 13.2 Å². The zero-order valence-corrected chi connectivity index (χ0v) is 9.08. The zero-order chi connectivity index (χ0) is 11.9. The highest BCUT2D eigenvalue weighted by atomic mass is 32.2. The van der Waals surface area contributed by atoms with Crippen LogP contribution in [0, 0.1) is 6.92 Å². The lowest BCUT2D eigenvalue weighted by Gasteiger charge is -2.05. The number of carbonyl (C=O) groups excluding carboxylic acids is 1. The van der Waals surface area contributed by atoms with Gasteiger partial charge < -0.3 is 9.47 Å². The van der Waals surface area contributed by atoms with Crippen molar-refractivity contribution in [2.24, 2.45) is 0 Å². The van der Waals surface area contributed by atoms with Crippen LogP contribution in [0.3, 0.4) is 0 Å².